The van der Waals surface area contributed by atoms with Crippen LogP contribution >= 0.6 is 11.6 Å². The quantitative estimate of drug-likeness (QED) is 0.795. The molecule has 0 fully saturated rings. The SMILES string of the molecule is CC#CCOc1c(Cl)cccc1CNCC(C)C. The molecule has 3 heteroatoms. The summed E-state index contributed by atoms with van der Waals surface area (Å²) in [6.45, 7) is 8.26. The van der Waals surface area contributed by atoms with E-state index >= 15 is 0 Å². The van der Waals surface area contributed by atoms with E-state index in [-0.39, 0.29) is 0 Å². The average molecular weight is 266 g/mol. The van der Waals surface area contributed by atoms with Gasteiger partial charge in [0.05, 0.1) is 5.02 Å². The Balaban J connectivity index is 2.69. The minimum Gasteiger partial charge on any atom is -0.479 e. The fraction of sp³-hybridized carbons (Fsp3) is 0.467. The number of ether oxygens (including phenoxy) is 1. The van der Waals surface area contributed by atoms with Crippen molar-refractivity contribution in [3.63, 3.8) is 0 Å². The molecule has 0 unspecified atom stereocenters. The third-order valence-electron chi connectivity index (χ3n) is 2.38. The summed E-state index contributed by atoms with van der Waals surface area (Å²) in [6, 6.07) is 5.79. The standard InChI is InChI=1S/C15H20ClNO/c1-4-5-9-18-15-13(7-6-8-14(15)16)11-17-10-12(2)3/h6-8,12,17H,9-11H2,1-3H3. The lowest BCUT2D eigenvalue weighted by molar-refractivity contribution is 0.364. The highest BCUT2D eigenvalue weighted by molar-refractivity contribution is 6.32. The smallest absolute Gasteiger partial charge is 0.149 e. The topological polar surface area (TPSA) is 21.3 Å². The van der Waals surface area contributed by atoms with Crippen LogP contribution in [0, 0.1) is 17.8 Å². The van der Waals surface area contributed by atoms with Gasteiger partial charge in [-0.05, 0) is 25.5 Å². The Bertz CT molecular complexity index is 432. The molecule has 1 aromatic rings. The second-order valence-corrected chi connectivity index (χ2v) is 4.88. The first-order valence-electron chi connectivity index (χ1n) is 6.15. The van der Waals surface area contributed by atoms with Crippen molar-refractivity contribution in [2.24, 2.45) is 5.92 Å². The summed E-state index contributed by atoms with van der Waals surface area (Å²) in [5.74, 6) is 7.03. The molecule has 1 rings (SSSR count). The number of nitrogens with one attached hydrogen (secondary N) is 1. The summed E-state index contributed by atoms with van der Waals surface area (Å²) in [5, 5.41) is 4.02. The van der Waals surface area contributed by atoms with Crippen LogP contribution in [0.2, 0.25) is 5.02 Å². The third kappa shape index (κ3) is 5.00. The van der Waals surface area contributed by atoms with E-state index < -0.39 is 0 Å². The van der Waals surface area contributed by atoms with E-state index in [2.05, 4.69) is 31.0 Å². The molecule has 98 valence electrons. The Labute approximate surface area is 115 Å². The van der Waals surface area contributed by atoms with Crippen molar-refractivity contribution < 1.29 is 4.74 Å². The summed E-state index contributed by atoms with van der Waals surface area (Å²) < 4.78 is 5.62. The predicted octanol–water partition coefficient (Wildman–Crippen LogP) is 3.49. The highest BCUT2D eigenvalue weighted by Gasteiger charge is 2.07. The first-order chi connectivity index (χ1) is 8.65. The largest absolute Gasteiger partial charge is 0.479 e. The second-order valence-electron chi connectivity index (χ2n) is 4.47. The number of halogens is 1. The molecule has 0 spiro atoms. The van der Waals surface area contributed by atoms with Gasteiger partial charge in [-0.25, -0.2) is 0 Å². The molecular formula is C15H20ClNO. The van der Waals surface area contributed by atoms with E-state index in [1.807, 2.05) is 18.2 Å². The van der Waals surface area contributed by atoms with Gasteiger partial charge in [-0.2, -0.15) is 0 Å². The fourth-order valence-corrected chi connectivity index (χ4v) is 1.78. The number of hydrogen-bond acceptors (Lipinski definition) is 2. The number of rotatable bonds is 6. The van der Waals surface area contributed by atoms with Gasteiger partial charge in [0.2, 0.25) is 0 Å². The number of hydrogen-bond donors (Lipinski definition) is 1. The van der Waals surface area contributed by atoms with Crippen LogP contribution < -0.4 is 10.1 Å². The molecule has 0 aliphatic rings. The molecule has 0 saturated carbocycles. The first kappa shape index (κ1) is 14.9. The maximum absolute atomic E-state index is 6.15. The Hall–Kier alpha value is -1.17. The van der Waals surface area contributed by atoms with E-state index in [1.165, 1.54) is 0 Å². The van der Waals surface area contributed by atoms with Crippen LogP contribution in [0.25, 0.3) is 0 Å². The van der Waals surface area contributed by atoms with Crippen molar-refractivity contribution in [3.05, 3.63) is 28.8 Å². The van der Waals surface area contributed by atoms with E-state index in [0.29, 0.717) is 17.5 Å². The van der Waals surface area contributed by atoms with Crippen LogP contribution in [0.5, 0.6) is 5.75 Å². The van der Waals surface area contributed by atoms with Crippen LogP contribution in [0.1, 0.15) is 26.3 Å². The highest BCUT2D eigenvalue weighted by atomic mass is 35.5. The maximum Gasteiger partial charge on any atom is 0.149 e. The molecule has 18 heavy (non-hydrogen) atoms. The lowest BCUT2D eigenvalue weighted by Crippen LogP contribution is -2.19. The average Bonchev–Trinajstić information content (AvgIpc) is 2.32. The van der Waals surface area contributed by atoms with Gasteiger partial charge in [0.1, 0.15) is 12.4 Å². The number of para-hydroxylation sites is 1. The summed E-state index contributed by atoms with van der Waals surface area (Å²) >= 11 is 6.15. The van der Waals surface area contributed by atoms with Crippen LogP contribution in [0.4, 0.5) is 0 Å². The molecule has 0 aliphatic heterocycles. The van der Waals surface area contributed by atoms with Gasteiger partial charge < -0.3 is 10.1 Å². The number of benzene rings is 1. The van der Waals surface area contributed by atoms with E-state index in [1.54, 1.807) is 6.92 Å². The van der Waals surface area contributed by atoms with E-state index in [4.69, 9.17) is 16.3 Å². The Morgan fingerprint density at radius 2 is 2.17 bits per heavy atom. The van der Waals surface area contributed by atoms with Crippen LogP contribution in [-0.4, -0.2) is 13.2 Å². The molecule has 1 aromatic carbocycles. The normalized spacial score (nSPS) is 10.1. The molecule has 1 N–H and O–H groups in total. The van der Waals surface area contributed by atoms with Crippen molar-refractivity contribution >= 4 is 11.6 Å². The van der Waals surface area contributed by atoms with Gasteiger partial charge in [-0.15, -0.1) is 5.92 Å². The monoisotopic (exact) mass is 265 g/mol. The van der Waals surface area contributed by atoms with Gasteiger partial charge in [-0.1, -0.05) is 43.5 Å². The van der Waals surface area contributed by atoms with Crippen LogP contribution in [-0.2, 0) is 6.54 Å². The van der Waals surface area contributed by atoms with Gasteiger partial charge in [0.25, 0.3) is 0 Å². The molecule has 0 bridgehead atoms. The van der Waals surface area contributed by atoms with Gasteiger partial charge in [-0.3, -0.25) is 0 Å². The summed E-state index contributed by atoms with van der Waals surface area (Å²) in [6.07, 6.45) is 0. The Morgan fingerprint density at radius 1 is 1.39 bits per heavy atom. The zero-order chi connectivity index (χ0) is 13.4. The zero-order valence-electron chi connectivity index (χ0n) is 11.2. The molecule has 0 saturated heterocycles. The lowest BCUT2D eigenvalue weighted by Gasteiger charge is -2.13. The molecule has 0 radical (unpaired) electrons. The summed E-state index contributed by atoms with van der Waals surface area (Å²) in [5.41, 5.74) is 1.07. The molecule has 0 atom stereocenters. The van der Waals surface area contributed by atoms with E-state index in [0.717, 1.165) is 24.4 Å². The van der Waals surface area contributed by atoms with Crippen molar-refractivity contribution in [2.45, 2.75) is 27.3 Å². The predicted molar refractivity (Wildman–Crippen MR) is 76.9 cm³/mol. The van der Waals surface area contributed by atoms with Crippen molar-refractivity contribution in [3.8, 4) is 17.6 Å². The van der Waals surface area contributed by atoms with Crippen LogP contribution in [0.15, 0.2) is 18.2 Å². The highest BCUT2D eigenvalue weighted by Crippen LogP contribution is 2.28. The zero-order valence-corrected chi connectivity index (χ0v) is 12.0. The summed E-state index contributed by atoms with van der Waals surface area (Å²) in [4.78, 5) is 0. The second kappa shape index (κ2) is 8.02. The Morgan fingerprint density at radius 3 is 2.83 bits per heavy atom. The van der Waals surface area contributed by atoms with Gasteiger partial charge >= 0.3 is 0 Å². The molecule has 0 aliphatic carbocycles. The maximum atomic E-state index is 6.15. The minimum absolute atomic E-state index is 0.372. The van der Waals surface area contributed by atoms with Gasteiger partial charge in [0, 0.05) is 12.1 Å². The third-order valence-corrected chi connectivity index (χ3v) is 2.68. The Kier molecular flexibility index (Phi) is 6.64. The minimum atomic E-state index is 0.372. The molecule has 0 aromatic heterocycles. The molecule has 0 heterocycles. The molecule has 2 nitrogen and oxygen atoms in total. The van der Waals surface area contributed by atoms with Gasteiger partial charge in [0.15, 0.2) is 0 Å². The first-order valence-corrected chi connectivity index (χ1v) is 6.53. The van der Waals surface area contributed by atoms with Crippen molar-refractivity contribution in [1.82, 2.24) is 5.32 Å². The summed E-state index contributed by atoms with van der Waals surface area (Å²) in [7, 11) is 0. The van der Waals surface area contributed by atoms with Crippen LogP contribution in [0.3, 0.4) is 0 Å². The lowest BCUT2D eigenvalue weighted by atomic mass is 10.2. The van der Waals surface area contributed by atoms with Crippen molar-refractivity contribution in [2.75, 3.05) is 13.2 Å². The molecule has 0 amide bonds. The van der Waals surface area contributed by atoms with Crippen molar-refractivity contribution in [1.29, 1.82) is 0 Å². The molecular weight excluding hydrogens is 246 g/mol. The fourth-order valence-electron chi connectivity index (χ4n) is 1.53. The van der Waals surface area contributed by atoms with E-state index in [9.17, 15) is 0 Å².